The highest BCUT2D eigenvalue weighted by Gasteiger charge is 2.14. The van der Waals surface area contributed by atoms with Crippen LogP contribution < -0.4 is 16.2 Å². The average molecular weight is 365 g/mol. The number of hydrogen-bond donors (Lipinski definition) is 3. The van der Waals surface area contributed by atoms with Gasteiger partial charge in [-0.3, -0.25) is 9.59 Å². The number of aliphatic hydroxyl groups is 1. The Bertz CT molecular complexity index is 1190. The molecule has 7 nitrogen and oxygen atoms in total. The molecule has 138 valence electrons. The predicted octanol–water partition coefficient (Wildman–Crippen LogP) is 1.51. The molecule has 0 aliphatic heterocycles. The lowest BCUT2D eigenvalue weighted by Gasteiger charge is -2.06. The molecule has 2 aromatic heterocycles. The highest BCUT2D eigenvalue weighted by molar-refractivity contribution is 5.98. The van der Waals surface area contributed by atoms with Crippen molar-refractivity contribution in [3.63, 3.8) is 0 Å². The van der Waals surface area contributed by atoms with Crippen LogP contribution in [0.25, 0.3) is 27.6 Å². The summed E-state index contributed by atoms with van der Waals surface area (Å²) in [7, 11) is 0. The Morgan fingerprint density at radius 3 is 2.78 bits per heavy atom. The molecule has 2 heterocycles. The summed E-state index contributed by atoms with van der Waals surface area (Å²) in [4.78, 5) is 25.3. The molecule has 4 rings (SSSR count). The summed E-state index contributed by atoms with van der Waals surface area (Å²) in [6, 6.07) is 14.2. The molecule has 0 atom stereocenters. The molecule has 0 bridgehead atoms. The first kappa shape index (κ1) is 17.3. The molecule has 0 fully saturated rings. The number of oxazole rings is 1. The number of benzene rings is 2. The minimum atomic E-state index is -0.231. The maximum atomic E-state index is 12.9. The Morgan fingerprint density at radius 2 is 1.93 bits per heavy atom. The van der Waals surface area contributed by atoms with E-state index in [1.54, 1.807) is 24.3 Å². The van der Waals surface area contributed by atoms with E-state index in [9.17, 15) is 9.59 Å². The van der Waals surface area contributed by atoms with Gasteiger partial charge in [-0.05, 0) is 29.7 Å². The third-order valence-electron chi connectivity index (χ3n) is 4.45. The SMILES string of the molecule is O=C(NCCNCCO)c1ccc2oc3cc4ccccc4c(=O)n3c2c1. The van der Waals surface area contributed by atoms with Crippen molar-refractivity contribution in [1.29, 1.82) is 0 Å². The zero-order valence-corrected chi connectivity index (χ0v) is 14.6. The van der Waals surface area contributed by atoms with Crippen molar-refractivity contribution in [2.24, 2.45) is 0 Å². The van der Waals surface area contributed by atoms with Crippen molar-refractivity contribution in [3.8, 4) is 0 Å². The van der Waals surface area contributed by atoms with Gasteiger partial charge in [-0.15, -0.1) is 0 Å². The van der Waals surface area contributed by atoms with Gasteiger partial charge < -0.3 is 20.2 Å². The lowest BCUT2D eigenvalue weighted by Crippen LogP contribution is -2.32. The van der Waals surface area contributed by atoms with Crippen LogP contribution in [0.5, 0.6) is 0 Å². The van der Waals surface area contributed by atoms with Gasteiger partial charge in [0, 0.05) is 36.7 Å². The predicted molar refractivity (Wildman–Crippen MR) is 103 cm³/mol. The zero-order chi connectivity index (χ0) is 18.8. The molecular formula is C20H19N3O4. The highest BCUT2D eigenvalue weighted by Crippen LogP contribution is 2.23. The Balaban J connectivity index is 1.71. The fraction of sp³-hybridized carbons (Fsp3) is 0.200. The molecule has 7 heteroatoms. The summed E-state index contributed by atoms with van der Waals surface area (Å²) in [5.74, 6) is -0.231. The van der Waals surface area contributed by atoms with Crippen molar-refractivity contribution < 1.29 is 14.3 Å². The molecule has 0 aliphatic carbocycles. The summed E-state index contributed by atoms with van der Waals surface area (Å²) >= 11 is 0. The molecule has 0 saturated heterocycles. The number of carbonyl (C=O) groups is 1. The van der Waals surface area contributed by atoms with Crippen LogP contribution in [0.15, 0.2) is 57.7 Å². The normalized spacial score (nSPS) is 11.4. The lowest BCUT2D eigenvalue weighted by atomic mass is 10.1. The molecule has 4 aromatic rings. The largest absolute Gasteiger partial charge is 0.438 e. The number of nitrogens with zero attached hydrogens (tertiary/aromatic N) is 1. The van der Waals surface area contributed by atoms with Gasteiger partial charge in [-0.25, -0.2) is 4.40 Å². The number of nitrogens with one attached hydrogen (secondary N) is 2. The molecule has 27 heavy (non-hydrogen) atoms. The van der Waals surface area contributed by atoms with Crippen LogP contribution in [0.1, 0.15) is 10.4 Å². The fourth-order valence-electron chi connectivity index (χ4n) is 3.14. The van der Waals surface area contributed by atoms with Crippen molar-refractivity contribution in [2.45, 2.75) is 0 Å². The van der Waals surface area contributed by atoms with E-state index in [0.717, 1.165) is 5.39 Å². The topological polar surface area (TPSA) is 96.0 Å². The van der Waals surface area contributed by atoms with E-state index in [-0.39, 0.29) is 18.1 Å². The molecule has 3 N–H and O–H groups in total. The first-order chi connectivity index (χ1) is 13.2. The van der Waals surface area contributed by atoms with Crippen LogP contribution >= 0.6 is 0 Å². The average Bonchev–Trinajstić information content (AvgIpc) is 3.05. The van der Waals surface area contributed by atoms with Crippen molar-refractivity contribution in [1.82, 2.24) is 15.0 Å². The van der Waals surface area contributed by atoms with Crippen molar-refractivity contribution >= 4 is 33.5 Å². The molecule has 0 aliphatic rings. The van der Waals surface area contributed by atoms with E-state index in [1.807, 2.05) is 24.3 Å². The van der Waals surface area contributed by atoms with Crippen LogP contribution in [0.4, 0.5) is 0 Å². The molecule has 2 aromatic carbocycles. The van der Waals surface area contributed by atoms with Crippen LogP contribution in [0, 0.1) is 0 Å². The highest BCUT2D eigenvalue weighted by atomic mass is 16.3. The number of aliphatic hydroxyl groups excluding tert-OH is 1. The lowest BCUT2D eigenvalue weighted by molar-refractivity contribution is 0.0954. The number of pyridine rings is 1. The van der Waals surface area contributed by atoms with Crippen LogP contribution in [-0.2, 0) is 0 Å². The number of aromatic nitrogens is 1. The third kappa shape index (κ3) is 3.18. The Morgan fingerprint density at radius 1 is 1.07 bits per heavy atom. The second kappa shape index (κ2) is 7.22. The third-order valence-corrected chi connectivity index (χ3v) is 4.45. The van der Waals surface area contributed by atoms with E-state index in [2.05, 4.69) is 10.6 Å². The van der Waals surface area contributed by atoms with Gasteiger partial charge in [0.1, 0.15) is 0 Å². The van der Waals surface area contributed by atoms with E-state index < -0.39 is 0 Å². The van der Waals surface area contributed by atoms with E-state index in [4.69, 9.17) is 9.52 Å². The van der Waals surface area contributed by atoms with E-state index >= 15 is 0 Å². The van der Waals surface area contributed by atoms with Crippen LogP contribution in [-0.4, -0.2) is 41.7 Å². The number of fused-ring (bicyclic) bond motifs is 4. The second-order valence-corrected chi connectivity index (χ2v) is 6.22. The number of carbonyl (C=O) groups excluding carboxylic acids is 1. The Hall–Kier alpha value is -3.16. The number of rotatable bonds is 6. The van der Waals surface area contributed by atoms with Crippen molar-refractivity contribution in [3.05, 3.63) is 64.4 Å². The summed E-state index contributed by atoms with van der Waals surface area (Å²) in [6.07, 6.45) is 0. The monoisotopic (exact) mass is 365 g/mol. The van der Waals surface area contributed by atoms with Crippen molar-refractivity contribution in [2.75, 3.05) is 26.2 Å². The number of amides is 1. The van der Waals surface area contributed by atoms with Crippen LogP contribution in [0.3, 0.4) is 0 Å². The summed E-state index contributed by atoms with van der Waals surface area (Å²) in [5, 5.41) is 15.9. The molecule has 0 spiro atoms. The van der Waals surface area contributed by atoms with Gasteiger partial charge in [0.2, 0.25) is 5.71 Å². The molecular weight excluding hydrogens is 346 g/mol. The smallest absolute Gasteiger partial charge is 0.265 e. The van der Waals surface area contributed by atoms with Gasteiger partial charge in [-0.1, -0.05) is 18.2 Å². The molecule has 0 unspecified atom stereocenters. The van der Waals surface area contributed by atoms with Gasteiger partial charge in [-0.2, -0.15) is 0 Å². The molecule has 0 radical (unpaired) electrons. The van der Waals surface area contributed by atoms with Gasteiger partial charge in [0.25, 0.3) is 11.5 Å². The second-order valence-electron chi connectivity index (χ2n) is 6.22. The van der Waals surface area contributed by atoms with E-state index in [1.165, 1.54) is 4.40 Å². The Labute approximate surface area is 154 Å². The van der Waals surface area contributed by atoms with Gasteiger partial charge in [0.05, 0.1) is 12.1 Å². The summed E-state index contributed by atoms with van der Waals surface area (Å²) in [6.45, 7) is 1.55. The van der Waals surface area contributed by atoms with E-state index in [0.29, 0.717) is 47.4 Å². The summed E-state index contributed by atoms with van der Waals surface area (Å²) in [5.41, 5.74) is 1.83. The summed E-state index contributed by atoms with van der Waals surface area (Å²) < 4.78 is 7.30. The fourth-order valence-corrected chi connectivity index (χ4v) is 3.14. The van der Waals surface area contributed by atoms with Crippen LogP contribution in [0.2, 0.25) is 0 Å². The van der Waals surface area contributed by atoms with Gasteiger partial charge in [0.15, 0.2) is 5.58 Å². The van der Waals surface area contributed by atoms with Gasteiger partial charge >= 0.3 is 0 Å². The quantitative estimate of drug-likeness (QED) is 0.450. The Kier molecular flexibility index (Phi) is 4.62. The molecule has 0 saturated carbocycles. The maximum absolute atomic E-state index is 12.9. The minimum Gasteiger partial charge on any atom is -0.438 e. The number of hydrogen-bond acceptors (Lipinski definition) is 5. The standard InChI is InChI=1S/C20H19N3O4/c24-10-9-21-7-8-22-19(25)14-5-6-17-16(11-14)23-18(27-17)12-13-3-1-2-4-15(13)20(23)26/h1-6,11-12,21,24H,7-10H2,(H,22,25). The minimum absolute atomic E-state index is 0.0572. The molecule has 1 amide bonds. The maximum Gasteiger partial charge on any atom is 0.265 e. The zero-order valence-electron chi connectivity index (χ0n) is 14.6. The first-order valence-electron chi connectivity index (χ1n) is 8.76. The first-order valence-corrected chi connectivity index (χ1v) is 8.76.